The van der Waals surface area contributed by atoms with Crippen molar-refractivity contribution in [3.63, 3.8) is 0 Å². The predicted molar refractivity (Wildman–Crippen MR) is 129 cm³/mol. The van der Waals surface area contributed by atoms with Gasteiger partial charge < -0.3 is 24.2 Å². The summed E-state index contributed by atoms with van der Waals surface area (Å²) in [6.45, 7) is -0.546. The SMILES string of the molecule is COC(OC)(OC(c1ccccc1)(c1ccccc1)c1ccccc1)C1CC(O)CN1C(=O)C(F)(F)F. The van der Waals surface area contributed by atoms with Crippen LogP contribution in [0.5, 0.6) is 0 Å². The highest BCUT2D eigenvalue weighted by Crippen LogP contribution is 2.46. The van der Waals surface area contributed by atoms with Gasteiger partial charge in [0.15, 0.2) is 0 Å². The van der Waals surface area contributed by atoms with E-state index in [0.29, 0.717) is 21.6 Å². The Balaban J connectivity index is 1.96. The van der Waals surface area contributed by atoms with E-state index in [1.54, 1.807) is 0 Å². The van der Waals surface area contributed by atoms with Gasteiger partial charge in [-0.25, -0.2) is 0 Å². The van der Waals surface area contributed by atoms with E-state index < -0.39 is 42.3 Å². The summed E-state index contributed by atoms with van der Waals surface area (Å²) in [6, 6.07) is 26.0. The zero-order valence-corrected chi connectivity index (χ0v) is 20.4. The molecule has 0 aliphatic carbocycles. The van der Waals surface area contributed by atoms with Crippen LogP contribution < -0.4 is 0 Å². The minimum atomic E-state index is -5.16. The van der Waals surface area contributed by atoms with Crippen molar-refractivity contribution in [1.29, 1.82) is 0 Å². The number of methoxy groups -OCH3 is 2. The molecule has 1 heterocycles. The summed E-state index contributed by atoms with van der Waals surface area (Å²) >= 11 is 0. The molecule has 4 rings (SSSR count). The van der Waals surface area contributed by atoms with Crippen LogP contribution in [0.3, 0.4) is 0 Å². The molecule has 1 N–H and O–H groups in total. The van der Waals surface area contributed by atoms with Crippen LogP contribution in [0.25, 0.3) is 0 Å². The number of β-amino-alcohol motifs (C(OH)–C–C–N with tert-alkyl or cyclic N) is 1. The molecule has 196 valence electrons. The molecular weight excluding hydrogens is 487 g/mol. The Hall–Kier alpha value is -3.24. The summed E-state index contributed by atoms with van der Waals surface area (Å²) in [4.78, 5) is 12.9. The van der Waals surface area contributed by atoms with Gasteiger partial charge in [0.1, 0.15) is 11.6 Å². The second kappa shape index (κ2) is 10.6. The lowest BCUT2D eigenvalue weighted by molar-refractivity contribution is -0.406. The fourth-order valence-corrected chi connectivity index (χ4v) is 4.95. The van der Waals surface area contributed by atoms with Gasteiger partial charge in [0, 0.05) is 27.2 Å². The van der Waals surface area contributed by atoms with Gasteiger partial charge in [0.25, 0.3) is 0 Å². The predicted octanol–water partition coefficient (Wildman–Crippen LogP) is 4.47. The number of rotatable bonds is 8. The van der Waals surface area contributed by atoms with Gasteiger partial charge in [-0.15, -0.1) is 0 Å². The van der Waals surface area contributed by atoms with Gasteiger partial charge >= 0.3 is 18.1 Å². The van der Waals surface area contributed by atoms with Crippen molar-refractivity contribution in [3.8, 4) is 0 Å². The van der Waals surface area contributed by atoms with Gasteiger partial charge in [0.2, 0.25) is 0 Å². The molecule has 0 spiro atoms. The Morgan fingerprint density at radius 2 is 1.22 bits per heavy atom. The summed E-state index contributed by atoms with van der Waals surface area (Å²) in [7, 11) is 2.46. The molecule has 0 radical (unpaired) electrons. The number of ether oxygens (including phenoxy) is 3. The first kappa shape index (κ1) is 26.8. The number of alkyl halides is 3. The van der Waals surface area contributed by atoms with Crippen LogP contribution in [0.2, 0.25) is 0 Å². The average Bonchev–Trinajstić information content (AvgIpc) is 3.32. The topological polar surface area (TPSA) is 68.2 Å². The third-order valence-corrected chi connectivity index (χ3v) is 6.60. The number of hydrogen-bond donors (Lipinski definition) is 1. The first-order valence-corrected chi connectivity index (χ1v) is 11.7. The highest BCUT2D eigenvalue weighted by molar-refractivity contribution is 5.82. The van der Waals surface area contributed by atoms with E-state index in [4.69, 9.17) is 14.2 Å². The number of benzene rings is 3. The highest BCUT2D eigenvalue weighted by Gasteiger charge is 2.59. The Bertz CT molecular complexity index is 1070. The monoisotopic (exact) mass is 515 g/mol. The van der Waals surface area contributed by atoms with E-state index in [9.17, 15) is 23.1 Å². The van der Waals surface area contributed by atoms with Gasteiger partial charge in [-0.1, -0.05) is 91.0 Å². The highest BCUT2D eigenvalue weighted by atomic mass is 19.4. The lowest BCUT2D eigenvalue weighted by Crippen LogP contribution is -2.60. The largest absolute Gasteiger partial charge is 0.471 e. The number of carbonyl (C=O) groups excluding carboxylic acids is 1. The lowest BCUT2D eigenvalue weighted by atomic mass is 9.80. The van der Waals surface area contributed by atoms with Gasteiger partial charge in [-0.05, 0) is 16.7 Å². The quantitative estimate of drug-likeness (QED) is 0.354. The Morgan fingerprint density at radius 1 is 0.811 bits per heavy atom. The summed E-state index contributed by atoms with van der Waals surface area (Å²) in [5, 5.41) is 10.4. The van der Waals surface area contributed by atoms with Crippen LogP contribution >= 0.6 is 0 Å². The summed E-state index contributed by atoms with van der Waals surface area (Å²) < 4.78 is 58.8. The van der Waals surface area contributed by atoms with Gasteiger partial charge in [-0.2, -0.15) is 13.2 Å². The molecule has 1 saturated heterocycles. The number of carbonyl (C=O) groups is 1. The van der Waals surface area contributed by atoms with Gasteiger partial charge in [-0.3, -0.25) is 4.79 Å². The molecular formula is C28H28F3NO5. The normalized spacial score (nSPS) is 18.7. The van der Waals surface area contributed by atoms with E-state index in [2.05, 4.69) is 0 Å². The third kappa shape index (κ3) is 5.00. The first-order valence-electron chi connectivity index (χ1n) is 11.7. The summed E-state index contributed by atoms with van der Waals surface area (Å²) in [6.07, 6.45) is -6.65. The molecule has 2 unspecified atom stereocenters. The van der Waals surface area contributed by atoms with E-state index in [0.717, 1.165) is 0 Å². The van der Waals surface area contributed by atoms with Crippen molar-refractivity contribution < 1.29 is 37.3 Å². The number of hydrogen-bond acceptors (Lipinski definition) is 5. The van der Waals surface area contributed by atoms with Crippen LogP contribution in [0.1, 0.15) is 23.1 Å². The number of amides is 1. The van der Waals surface area contributed by atoms with Crippen molar-refractivity contribution in [2.24, 2.45) is 0 Å². The molecule has 3 aromatic carbocycles. The average molecular weight is 516 g/mol. The van der Waals surface area contributed by atoms with Crippen molar-refractivity contribution in [2.75, 3.05) is 20.8 Å². The zero-order valence-electron chi connectivity index (χ0n) is 20.4. The lowest BCUT2D eigenvalue weighted by Gasteiger charge is -2.47. The summed E-state index contributed by atoms with van der Waals surface area (Å²) in [5.41, 5.74) is 0.519. The van der Waals surface area contributed by atoms with E-state index in [1.165, 1.54) is 14.2 Å². The maximum Gasteiger partial charge on any atom is 0.471 e. The van der Waals surface area contributed by atoms with Crippen LogP contribution in [-0.4, -0.2) is 61.0 Å². The second-order valence-corrected chi connectivity index (χ2v) is 8.75. The number of nitrogens with zero attached hydrogens (tertiary/aromatic N) is 1. The minimum absolute atomic E-state index is 0.252. The molecule has 37 heavy (non-hydrogen) atoms. The van der Waals surface area contributed by atoms with Crippen molar-refractivity contribution >= 4 is 5.91 Å². The van der Waals surface area contributed by atoms with Crippen LogP contribution in [0.15, 0.2) is 91.0 Å². The van der Waals surface area contributed by atoms with E-state index >= 15 is 0 Å². The van der Waals surface area contributed by atoms with E-state index in [-0.39, 0.29) is 6.42 Å². The molecule has 6 nitrogen and oxygen atoms in total. The molecule has 9 heteroatoms. The van der Waals surface area contributed by atoms with Gasteiger partial charge in [0.05, 0.1) is 6.10 Å². The van der Waals surface area contributed by atoms with Crippen molar-refractivity contribution in [3.05, 3.63) is 108 Å². The standard InChI is InChI=1S/C28H28F3NO5/c1-35-28(36-2,24-18-23(33)19-32(24)25(34)27(29,30)31)37-26(20-12-6-3-7-13-20,21-14-8-4-9-15-21)22-16-10-5-11-17-22/h3-17,23-24,33H,18-19H2,1-2H3. The summed E-state index contributed by atoms with van der Waals surface area (Å²) in [5.74, 6) is -4.30. The van der Waals surface area contributed by atoms with Crippen LogP contribution in [0, 0.1) is 0 Å². The number of halogens is 3. The maximum atomic E-state index is 13.5. The molecule has 1 aliphatic heterocycles. The smallest absolute Gasteiger partial charge is 0.391 e. The Labute approximate surface area is 213 Å². The van der Waals surface area contributed by atoms with Crippen molar-refractivity contribution in [1.82, 2.24) is 4.90 Å². The van der Waals surface area contributed by atoms with E-state index in [1.807, 2.05) is 91.0 Å². The number of aliphatic hydroxyl groups is 1. The zero-order chi connectivity index (χ0) is 26.7. The maximum absolute atomic E-state index is 13.5. The Morgan fingerprint density at radius 3 is 1.57 bits per heavy atom. The molecule has 2 atom stereocenters. The molecule has 0 aromatic heterocycles. The molecule has 1 amide bonds. The van der Waals surface area contributed by atoms with Crippen LogP contribution in [0.4, 0.5) is 13.2 Å². The minimum Gasteiger partial charge on any atom is -0.391 e. The fraction of sp³-hybridized carbons (Fsp3) is 0.321. The fourth-order valence-electron chi connectivity index (χ4n) is 4.95. The molecule has 1 fully saturated rings. The van der Waals surface area contributed by atoms with Crippen molar-refractivity contribution in [2.45, 2.75) is 36.3 Å². The van der Waals surface area contributed by atoms with Crippen LogP contribution in [-0.2, 0) is 24.6 Å². The number of likely N-dealkylation sites (tertiary alicyclic amines) is 1. The molecule has 1 aliphatic rings. The number of aliphatic hydroxyl groups excluding tert-OH is 1. The molecule has 0 bridgehead atoms. The second-order valence-electron chi connectivity index (χ2n) is 8.75. The molecule has 3 aromatic rings. The first-order chi connectivity index (χ1) is 17.7. The third-order valence-electron chi connectivity index (χ3n) is 6.60. The Kier molecular flexibility index (Phi) is 7.70. The molecule has 0 saturated carbocycles.